The molecule has 3 aromatic rings. The van der Waals surface area contributed by atoms with Gasteiger partial charge >= 0.3 is 6.18 Å². The molecule has 216 valence electrons. The Kier molecular flexibility index (Phi) is 7.63. The van der Waals surface area contributed by atoms with Gasteiger partial charge in [0.25, 0.3) is 5.91 Å². The Labute approximate surface area is 227 Å². The molecule has 2 aliphatic rings. The van der Waals surface area contributed by atoms with Crippen LogP contribution in [0.3, 0.4) is 0 Å². The number of anilines is 3. The van der Waals surface area contributed by atoms with E-state index in [2.05, 4.69) is 19.9 Å². The monoisotopic (exact) mass is 564 g/mol. The van der Waals surface area contributed by atoms with Crippen LogP contribution in [0.1, 0.15) is 20.3 Å². The fourth-order valence-electron chi connectivity index (χ4n) is 5.04. The van der Waals surface area contributed by atoms with Crippen LogP contribution in [-0.4, -0.2) is 110 Å². The minimum atomic E-state index is -4.56. The van der Waals surface area contributed by atoms with Crippen LogP contribution in [0.4, 0.5) is 30.9 Å². The largest absolute Gasteiger partial charge is 0.406 e. The summed E-state index contributed by atoms with van der Waals surface area (Å²) in [5.74, 6) is 0.247. The first-order chi connectivity index (χ1) is 19.1. The van der Waals surface area contributed by atoms with Gasteiger partial charge in [0.15, 0.2) is 22.8 Å². The van der Waals surface area contributed by atoms with Gasteiger partial charge in [-0.25, -0.2) is 24.9 Å². The maximum Gasteiger partial charge on any atom is 0.406 e. The van der Waals surface area contributed by atoms with Crippen LogP contribution in [0.15, 0.2) is 12.4 Å². The maximum atomic E-state index is 14.0. The zero-order valence-corrected chi connectivity index (χ0v) is 22.2. The second kappa shape index (κ2) is 11.0. The number of ether oxygens (including phenoxy) is 1. The average molecular weight is 565 g/mol. The van der Waals surface area contributed by atoms with Crippen molar-refractivity contribution in [2.75, 3.05) is 61.5 Å². The third-order valence-electron chi connectivity index (χ3n) is 7.01. The van der Waals surface area contributed by atoms with Crippen molar-refractivity contribution in [1.29, 1.82) is 0 Å². The van der Waals surface area contributed by atoms with Crippen LogP contribution < -0.4 is 15.5 Å². The molecule has 0 saturated carbocycles. The lowest BCUT2D eigenvalue weighted by atomic mass is 10.1. The van der Waals surface area contributed by atoms with Gasteiger partial charge in [0.05, 0.1) is 18.8 Å². The number of carbonyl (C=O) groups excluding carboxylic acids is 1. The molecule has 40 heavy (non-hydrogen) atoms. The number of halogens is 3. The third kappa shape index (κ3) is 5.58. The molecule has 0 aromatic carbocycles. The number of nitrogen functional groups attached to an aromatic ring is 1. The molecule has 13 nitrogen and oxygen atoms in total. The number of amides is 1. The Balaban J connectivity index is 1.65. The highest BCUT2D eigenvalue weighted by atomic mass is 19.4. The normalized spacial score (nSPS) is 19.4. The van der Waals surface area contributed by atoms with Gasteiger partial charge < -0.3 is 30.3 Å². The summed E-state index contributed by atoms with van der Waals surface area (Å²) in [6.07, 6.45) is -2.35. The quantitative estimate of drug-likeness (QED) is 0.442. The highest BCUT2D eigenvalue weighted by molar-refractivity contribution is 5.88. The molecule has 1 amide bonds. The zero-order valence-electron chi connectivity index (χ0n) is 22.2. The molecule has 2 atom stereocenters. The van der Waals surface area contributed by atoms with Gasteiger partial charge in [0, 0.05) is 51.2 Å². The Morgan fingerprint density at radius 3 is 2.45 bits per heavy atom. The van der Waals surface area contributed by atoms with E-state index in [-0.39, 0.29) is 54.6 Å². The first kappa shape index (κ1) is 27.8. The number of rotatable bonds is 6. The molecule has 3 aromatic heterocycles. The van der Waals surface area contributed by atoms with Crippen molar-refractivity contribution in [3.8, 4) is 11.4 Å². The molecule has 0 spiro atoms. The van der Waals surface area contributed by atoms with E-state index in [9.17, 15) is 23.1 Å². The number of hydrogen-bond acceptors (Lipinski definition) is 11. The number of alkyl halides is 3. The van der Waals surface area contributed by atoms with Crippen molar-refractivity contribution >= 4 is 34.8 Å². The molecule has 2 fully saturated rings. The highest BCUT2D eigenvalue weighted by Crippen LogP contribution is 2.34. The number of imidazole rings is 1. The standard InChI is InChI=1S/C24H31F3N10O3/c1-3-16-12-35(4-5-36(16)21(39)14(2)38)23-31-17-19(34-6-8-40-9-7-34)32-18(15-10-29-22(28)30-11-15)33-20(17)37(23)13-24(25,26)27/h10-11,14,16,38H,3-9,12-13H2,1-2H3,(H2,28,29,30)/t14-,16-/m0/s1. The molecular formula is C24H31F3N10O3. The number of aromatic nitrogens is 6. The van der Waals surface area contributed by atoms with Gasteiger partial charge in [0.1, 0.15) is 12.6 Å². The topological polar surface area (TPSA) is 152 Å². The van der Waals surface area contributed by atoms with E-state index in [4.69, 9.17) is 15.5 Å². The van der Waals surface area contributed by atoms with Crippen LogP contribution in [-0.2, 0) is 16.1 Å². The van der Waals surface area contributed by atoms with Gasteiger partial charge in [-0.15, -0.1) is 0 Å². The first-order valence-electron chi connectivity index (χ1n) is 13.0. The molecule has 5 rings (SSSR count). The van der Waals surface area contributed by atoms with Crippen LogP contribution >= 0.6 is 0 Å². The summed E-state index contributed by atoms with van der Waals surface area (Å²) in [5, 5.41) is 9.83. The molecule has 5 heterocycles. The van der Waals surface area contributed by atoms with Gasteiger partial charge in [0.2, 0.25) is 11.9 Å². The summed E-state index contributed by atoms with van der Waals surface area (Å²) in [6.45, 7) is 4.49. The summed E-state index contributed by atoms with van der Waals surface area (Å²) < 4.78 is 48.4. The lowest BCUT2D eigenvalue weighted by Crippen LogP contribution is -2.57. The van der Waals surface area contributed by atoms with Gasteiger partial charge in [-0.1, -0.05) is 6.92 Å². The summed E-state index contributed by atoms with van der Waals surface area (Å²) >= 11 is 0. The van der Waals surface area contributed by atoms with Crippen molar-refractivity contribution in [3.63, 3.8) is 0 Å². The summed E-state index contributed by atoms with van der Waals surface area (Å²) in [4.78, 5) is 39.7. The van der Waals surface area contributed by atoms with Gasteiger partial charge in [-0.3, -0.25) is 9.36 Å². The van der Waals surface area contributed by atoms with Crippen molar-refractivity contribution < 1.29 is 27.8 Å². The third-order valence-corrected chi connectivity index (χ3v) is 7.01. The SMILES string of the molecule is CC[C@H]1CN(c2nc3c(N4CCOCC4)nc(-c4cnc(N)nc4)nc3n2CC(F)(F)F)CCN1C(=O)[C@H](C)O. The fraction of sp³-hybridized carbons (Fsp3) is 0.583. The minimum absolute atomic E-state index is 0.0196. The number of morpholine rings is 1. The number of nitrogens with two attached hydrogens (primary N) is 1. The molecule has 0 unspecified atom stereocenters. The van der Waals surface area contributed by atoms with Crippen molar-refractivity contribution in [3.05, 3.63) is 12.4 Å². The lowest BCUT2D eigenvalue weighted by molar-refractivity contribution is -0.142. The molecule has 0 radical (unpaired) electrons. The summed E-state index contributed by atoms with van der Waals surface area (Å²) in [5.41, 5.74) is 6.27. The van der Waals surface area contributed by atoms with Crippen LogP contribution in [0.5, 0.6) is 0 Å². The first-order valence-corrected chi connectivity index (χ1v) is 13.0. The molecule has 0 aliphatic carbocycles. The van der Waals surface area contributed by atoms with Crippen molar-refractivity contribution in [2.45, 2.75) is 45.1 Å². The predicted molar refractivity (Wildman–Crippen MR) is 140 cm³/mol. The van der Waals surface area contributed by atoms with E-state index in [1.165, 1.54) is 19.3 Å². The summed E-state index contributed by atoms with van der Waals surface area (Å²) in [6, 6.07) is -0.317. The minimum Gasteiger partial charge on any atom is -0.384 e. The molecule has 0 bridgehead atoms. The van der Waals surface area contributed by atoms with E-state index in [1.807, 2.05) is 11.8 Å². The van der Waals surface area contributed by atoms with Gasteiger partial charge in [-0.05, 0) is 13.3 Å². The Hall–Kier alpha value is -3.79. The second-order valence-electron chi connectivity index (χ2n) is 9.80. The van der Waals surface area contributed by atoms with E-state index in [1.54, 1.807) is 9.80 Å². The molecular weight excluding hydrogens is 533 g/mol. The van der Waals surface area contributed by atoms with E-state index in [0.717, 1.165) is 4.57 Å². The smallest absolute Gasteiger partial charge is 0.384 e. The average Bonchev–Trinajstić information content (AvgIpc) is 3.29. The number of nitrogens with zero attached hydrogens (tertiary/aromatic N) is 9. The van der Waals surface area contributed by atoms with E-state index >= 15 is 0 Å². The van der Waals surface area contributed by atoms with E-state index in [0.29, 0.717) is 44.1 Å². The number of aliphatic hydroxyl groups is 1. The highest BCUT2D eigenvalue weighted by Gasteiger charge is 2.37. The summed E-state index contributed by atoms with van der Waals surface area (Å²) in [7, 11) is 0. The van der Waals surface area contributed by atoms with Crippen LogP contribution in [0.25, 0.3) is 22.6 Å². The number of carbonyl (C=O) groups is 1. The number of fused-ring (bicyclic) bond motifs is 1. The maximum absolute atomic E-state index is 14.0. The molecule has 3 N–H and O–H groups in total. The zero-order chi connectivity index (χ0) is 28.6. The van der Waals surface area contributed by atoms with Crippen LogP contribution in [0.2, 0.25) is 0 Å². The number of hydrogen-bond donors (Lipinski definition) is 2. The molecule has 2 aliphatic heterocycles. The fourth-order valence-corrected chi connectivity index (χ4v) is 5.04. The van der Waals surface area contributed by atoms with Gasteiger partial charge in [-0.2, -0.15) is 13.2 Å². The van der Waals surface area contributed by atoms with E-state index < -0.39 is 24.7 Å². The predicted octanol–water partition coefficient (Wildman–Crippen LogP) is 1.07. The Bertz CT molecular complexity index is 1360. The Morgan fingerprint density at radius 1 is 1.12 bits per heavy atom. The van der Waals surface area contributed by atoms with Crippen LogP contribution in [0, 0.1) is 0 Å². The second-order valence-corrected chi connectivity index (χ2v) is 9.80. The number of aliphatic hydroxyl groups excluding tert-OH is 1. The molecule has 16 heteroatoms. The molecule has 2 saturated heterocycles. The van der Waals surface area contributed by atoms with Crippen molar-refractivity contribution in [2.24, 2.45) is 0 Å². The van der Waals surface area contributed by atoms with Crippen molar-refractivity contribution in [1.82, 2.24) is 34.4 Å². The Morgan fingerprint density at radius 2 is 1.82 bits per heavy atom. The lowest BCUT2D eigenvalue weighted by Gasteiger charge is -2.42. The number of piperazine rings is 1.